The van der Waals surface area contributed by atoms with Crippen LogP contribution >= 0.6 is 0 Å². The molecule has 0 heterocycles. The van der Waals surface area contributed by atoms with Gasteiger partial charge in [0.05, 0.1) is 5.60 Å². The SMILES string of the molecule is CCCCCC.CCO.COC(C)(C)C.O=C(O)C(F)(F)F. The van der Waals surface area contributed by atoms with Gasteiger partial charge in [0, 0.05) is 13.7 Å². The Kier molecular flexibility index (Phi) is 24.2. The number of rotatable bonds is 3. The molecule has 0 aliphatic carbocycles. The summed E-state index contributed by atoms with van der Waals surface area (Å²) in [7, 11) is 1.71. The molecule has 0 radical (unpaired) electrons. The zero-order valence-corrected chi connectivity index (χ0v) is 14.9. The molecule has 0 spiro atoms. The molecule has 0 aromatic rings. The lowest BCUT2D eigenvalue weighted by Crippen LogP contribution is -2.21. The van der Waals surface area contributed by atoms with Gasteiger partial charge in [-0.3, -0.25) is 0 Å². The Bertz CT molecular complexity index is 220. The smallest absolute Gasteiger partial charge is 0.475 e. The summed E-state index contributed by atoms with van der Waals surface area (Å²) in [6, 6.07) is 0. The van der Waals surface area contributed by atoms with Gasteiger partial charge in [-0.05, 0) is 27.7 Å². The minimum Gasteiger partial charge on any atom is -0.475 e. The molecular weight excluding hydrogens is 301 g/mol. The lowest BCUT2D eigenvalue weighted by molar-refractivity contribution is -0.192. The summed E-state index contributed by atoms with van der Waals surface area (Å²) in [5.74, 6) is -2.76. The summed E-state index contributed by atoms with van der Waals surface area (Å²) in [6.45, 7) is 12.5. The number of carboxylic acids is 1. The predicted octanol–water partition coefficient (Wildman–Crippen LogP) is 4.65. The number of carboxylic acid groups (broad SMARTS) is 1. The number of hydrogen-bond acceptors (Lipinski definition) is 3. The molecule has 0 fully saturated rings. The fraction of sp³-hybridized carbons (Fsp3) is 0.933. The van der Waals surface area contributed by atoms with Gasteiger partial charge < -0.3 is 14.9 Å². The Hall–Kier alpha value is -0.820. The highest BCUT2D eigenvalue weighted by Gasteiger charge is 2.38. The van der Waals surface area contributed by atoms with Crippen molar-refractivity contribution in [2.45, 2.75) is 79.0 Å². The highest BCUT2D eigenvalue weighted by atomic mass is 19.4. The minimum atomic E-state index is -5.08. The van der Waals surface area contributed by atoms with Crippen molar-refractivity contribution in [2.75, 3.05) is 13.7 Å². The van der Waals surface area contributed by atoms with Crippen LogP contribution in [0.3, 0.4) is 0 Å². The molecule has 0 rings (SSSR count). The molecule has 0 aromatic heterocycles. The van der Waals surface area contributed by atoms with Gasteiger partial charge in [-0.15, -0.1) is 0 Å². The van der Waals surface area contributed by atoms with Gasteiger partial charge in [-0.25, -0.2) is 4.79 Å². The molecule has 0 amide bonds. The normalized spacial score (nSPS) is 10.1. The maximum absolute atomic E-state index is 10.6. The molecule has 0 aliphatic rings. The van der Waals surface area contributed by atoms with E-state index >= 15 is 0 Å². The topological polar surface area (TPSA) is 66.8 Å². The quantitative estimate of drug-likeness (QED) is 0.737. The molecular formula is C15H33F3O4. The third-order valence-corrected chi connectivity index (χ3v) is 1.81. The molecule has 22 heavy (non-hydrogen) atoms. The molecule has 2 N–H and O–H groups in total. The van der Waals surface area contributed by atoms with Crippen LogP contribution in [0.2, 0.25) is 0 Å². The first-order valence-electron chi connectivity index (χ1n) is 7.29. The predicted molar refractivity (Wildman–Crippen MR) is 83.0 cm³/mol. The third-order valence-electron chi connectivity index (χ3n) is 1.81. The van der Waals surface area contributed by atoms with Gasteiger partial charge in [0.1, 0.15) is 0 Å². The molecule has 0 saturated heterocycles. The van der Waals surface area contributed by atoms with Gasteiger partial charge in [0.15, 0.2) is 0 Å². The summed E-state index contributed by atoms with van der Waals surface area (Å²) in [4.78, 5) is 8.90. The summed E-state index contributed by atoms with van der Waals surface area (Å²) in [6.07, 6.45) is 0.453. The zero-order chi connectivity index (χ0) is 18.8. The van der Waals surface area contributed by atoms with Gasteiger partial charge in [-0.1, -0.05) is 39.5 Å². The van der Waals surface area contributed by atoms with Crippen LogP contribution in [0.4, 0.5) is 13.2 Å². The number of alkyl halides is 3. The van der Waals surface area contributed by atoms with Crippen LogP contribution in [-0.2, 0) is 9.53 Å². The van der Waals surface area contributed by atoms with Crippen LogP contribution in [0, 0.1) is 0 Å². The maximum atomic E-state index is 10.6. The lowest BCUT2D eigenvalue weighted by atomic mass is 10.2. The van der Waals surface area contributed by atoms with Crippen LogP contribution in [0.25, 0.3) is 0 Å². The van der Waals surface area contributed by atoms with E-state index in [4.69, 9.17) is 19.7 Å². The largest absolute Gasteiger partial charge is 0.490 e. The van der Waals surface area contributed by atoms with Crippen molar-refractivity contribution in [3.63, 3.8) is 0 Å². The second-order valence-corrected chi connectivity index (χ2v) is 5.14. The first-order valence-corrected chi connectivity index (χ1v) is 7.29. The molecule has 0 saturated carbocycles. The van der Waals surface area contributed by atoms with Crippen LogP contribution in [0.1, 0.15) is 67.2 Å². The first-order chi connectivity index (χ1) is 9.83. The number of aliphatic carboxylic acids is 1. The average Bonchev–Trinajstić information content (AvgIpc) is 2.36. The number of ether oxygens (including phenoxy) is 1. The van der Waals surface area contributed by atoms with E-state index in [0.29, 0.717) is 0 Å². The Morgan fingerprint density at radius 1 is 1.00 bits per heavy atom. The van der Waals surface area contributed by atoms with Crippen molar-refractivity contribution in [1.82, 2.24) is 0 Å². The number of hydrogen-bond donors (Lipinski definition) is 2. The van der Waals surface area contributed by atoms with Crippen molar-refractivity contribution in [3.05, 3.63) is 0 Å². The third kappa shape index (κ3) is 50.7. The van der Waals surface area contributed by atoms with E-state index in [9.17, 15) is 13.2 Å². The Labute approximate surface area is 132 Å². The monoisotopic (exact) mass is 334 g/mol. The molecule has 0 aromatic carbocycles. The number of aliphatic hydroxyl groups is 1. The van der Waals surface area contributed by atoms with Crippen molar-refractivity contribution in [1.29, 1.82) is 0 Å². The lowest BCUT2D eigenvalue weighted by Gasteiger charge is -2.14. The summed E-state index contributed by atoms with van der Waals surface area (Å²) < 4.78 is 36.7. The fourth-order valence-corrected chi connectivity index (χ4v) is 0.500. The number of carbonyl (C=O) groups is 1. The van der Waals surface area contributed by atoms with Crippen molar-refractivity contribution in [3.8, 4) is 0 Å². The molecule has 4 nitrogen and oxygen atoms in total. The Morgan fingerprint density at radius 2 is 1.18 bits per heavy atom. The van der Waals surface area contributed by atoms with E-state index in [1.165, 1.54) is 25.7 Å². The molecule has 0 bridgehead atoms. The highest BCUT2D eigenvalue weighted by Crippen LogP contribution is 2.13. The van der Waals surface area contributed by atoms with Crippen LogP contribution < -0.4 is 0 Å². The van der Waals surface area contributed by atoms with Crippen LogP contribution in [0.5, 0.6) is 0 Å². The first kappa shape index (κ1) is 29.2. The average molecular weight is 334 g/mol. The number of methoxy groups -OCH3 is 1. The second-order valence-electron chi connectivity index (χ2n) is 5.14. The molecule has 138 valence electrons. The van der Waals surface area contributed by atoms with Crippen LogP contribution in [-0.4, -0.2) is 41.7 Å². The maximum Gasteiger partial charge on any atom is 0.490 e. The van der Waals surface area contributed by atoms with E-state index in [-0.39, 0.29) is 12.2 Å². The Balaban J connectivity index is -0.000000102. The van der Waals surface area contributed by atoms with Crippen molar-refractivity contribution < 1.29 is 32.9 Å². The number of aliphatic hydroxyl groups excluding tert-OH is 1. The van der Waals surface area contributed by atoms with E-state index in [1.807, 2.05) is 20.8 Å². The number of halogens is 3. The molecule has 0 aliphatic heterocycles. The van der Waals surface area contributed by atoms with Gasteiger partial charge >= 0.3 is 12.1 Å². The second kappa shape index (κ2) is 18.2. The van der Waals surface area contributed by atoms with Crippen molar-refractivity contribution >= 4 is 5.97 Å². The Morgan fingerprint density at radius 3 is 1.23 bits per heavy atom. The van der Waals surface area contributed by atoms with Gasteiger partial charge in [0.25, 0.3) is 0 Å². The van der Waals surface area contributed by atoms with E-state index < -0.39 is 12.1 Å². The van der Waals surface area contributed by atoms with E-state index in [1.54, 1.807) is 14.0 Å². The van der Waals surface area contributed by atoms with E-state index in [2.05, 4.69) is 13.8 Å². The molecule has 0 unspecified atom stereocenters. The minimum absolute atomic E-state index is 0.0417. The molecule has 7 heteroatoms. The standard InChI is InChI=1S/C6H14.C5H12O.C2HF3O2.C2H6O/c1-3-5-6-4-2;1-5(2,3)6-4;3-2(4,5)1(6)7;1-2-3/h3-6H2,1-2H3;1-4H3;(H,6,7);3H,2H2,1H3. The zero-order valence-electron chi connectivity index (χ0n) is 14.9. The van der Waals surface area contributed by atoms with Crippen LogP contribution in [0.15, 0.2) is 0 Å². The number of unbranched alkanes of at least 4 members (excludes halogenated alkanes) is 3. The summed E-state index contributed by atoms with van der Waals surface area (Å²) in [5, 5.41) is 14.7. The summed E-state index contributed by atoms with van der Waals surface area (Å²) >= 11 is 0. The van der Waals surface area contributed by atoms with Gasteiger partial charge in [-0.2, -0.15) is 13.2 Å². The van der Waals surface area contributed by atoms with Gasteiger partial charge in [0.2, 0.25) is 0 Å². The van der Waals surface area contributed by atoms with E-state index in [0.717, 1.165) is 0 Å². The summed E-state index contributed by atoms with van der Waals surface area (Å²) in [5.41, 5.74) is 0.0417. The highest BCUT2D eigenvalue weighted by molar-refractivity contribution is 5.73. The fourth-order valence-electron chi connectivity index (χ4n) is 0.500. The van der Waals surface area contributed by atoms with Crippen molar-refractivity contribution in [2.24, 2.45) is 0 Å². The molecule has 0 atom stereocenters.